The van der Waals surface area contributed by atoms with E-state index in [2.05, 4.69) is 299 Å². The lowest BCUT2D eigenvalue weighted by Crippen LogP contribution is -2.44. The lowest BCUT2D eigenvalue weighted by Gasteiger charge is -2.45. The van der Waals surface area contributed by atoms with Gasteiger partial charge in [-0.05, 0) is 128 Å². The molecule has 14 rings (SSSR count). The summed E-state index contributed by atoms with van der Waals surface area (Å²) in [6.45, 7) is 0. The van der Waals surface area contributed by atoms with E-state index in [4.69, 9.17) is 0 Å². The molecule has 0 radical (unpaired) electrons. The summed E-state index contributed by atoms with van der Waals surface area (Å²) in [6.07, 6.45) is 0. The first-order valence-corrected chi connectivity index (χ1v) is 24.8. The van der Waals surface area contributed by atoms with Gasteiger partial charge in [-0.3, -0.25) is 0 Å². The lowest BCUT2D eigenvalue weighted by atomic mass is 9.78. The summed E-state index contributed by atoms with van der Waals surface area (Å²) in [7, 11) is 0. The van der Waals surface area contributed by atoms with Crippen LogP contribution in [0.4, 0.5) is 28.4 Å². The van der Waals surface area contributed by atoms with Gasteiger partial charge in [0, 0.05) is 44.6 Å². The third-order valence-electron chi connectivity index (χ3n) is 14.9. The highest BCUT2D eigenvalue weighted by molar-refractivity contribution is 6.12. The Kier molecular flexibility index (Phi) is 9.75. The van der Waals surface area contributed by atoms with Crippen LogP contribution in [0.15, 0.2) is 285 Å². The Labute approximate surface area is 419 Å². The minimum Gasteiger partial charge on any atom is -0.323 e. The summed E-state index contributed by atoms with van der Waals surface area (Å²) >= 11 is 0. The number of para-hydroxylation sites is 2. The number of benzene rings is 12. The maximum absolute atomic E-state index is 2.60. The molecule has 1 aromatic heterocycles. The predicted molar refractivity (Wildman–Crippen MR) is 303 cm³/mol. The van der Waals surface area contributed by atoms with Gasteiger partial charge in [-0.2, -0.15) is 0 Å². The number of fused-ring (bicyclic) bond motifs is 8. The monoisotopic (exact) mass is 917 g/mol. The van der Waals surface area contributed by atoms with Crippen molar-refractivity contribution in [2.24, 2.45) is 0 Å². The molecule has 1 aliphatic carbocycles. The van der Waals surface area contributed by atoms with Crippen LogP contribution in [0, 0.1) is 0 Å². The van der Waals surface area contributed by atoms with E-state index in [1.807, 2.05) is 0 Å². The summed E-state index contributed by atoms with van der Waals surface area (Å²) in [5.74, 6) is 0. The minimum atomic E-state index is -0.806. The van der Waals surface area contributed by atoms with Crippen molar-refractivity contribution < 1.29 is 0 Å². The molecule has 0 bridgehead atoms. The van der Waals surface area contributed by atoms with Gasteiger partial charge in [-0.15, -0.1) is 0 Å². The average Bonchev–Trinajstić information content (AvgIpc) is 3.94. The van der Waals surface area contributed by atoms with Crippen molar-refractivity contribution in [2.45, 2.75) is 5.54 Å². The standard InChI is InChI=1S/C69H47N3/c1-4-20-48(21-5-1)52-26-18-31-58(45-52)72(54-29-8-3-9-30-54)69(53-27-6-2-7-28-53)64-35-16-14-33-60(64)61-42-40-56(46-65(61)69)70(55-39-38-49-22-10-11-24-51(49)44-55)57-41-43-63-62-34-15-17-36-67(62)71(68(63)47-57)66-37-19-25-50-23-12-13-32-59(50)66/h1-47H. The summed E-state index contributed by atoms with van der Waals surface area (Å²) in [5.41, 5.74) is 16.5. The van der Waals surface area contributed by atoms with Gasteiger partial charge in [-0.25, -0.2) is 0 Å². The molecule has 338 valence electrons. The lowest BCUT2D eigenvalue weighted by molar-refractivity contribution is 0.644. The quantitative estimate of drug-likeness (QED) is 0.143. The maximum atomic E-state index is 2.60. The van der Waals surface area contributed by atoms with Crippen LogP contribution in [-0.4, -0.2) is 4.57 Å². The first-order chi connectivity index (χ1) is 35.7. The SMILES string of the molecule is c1ccc(-c2cccc(N(c3ccccc3)C3(c4ccccc4)c4ccccc4-c4ccc(N(c5ccc6ccccc6c5)c5ccc6c7ccccc7n(-c7cccc8ccccc78)c6c5)cc43)c2)cc1. The zero-order chi connectivity index (χ0) is 47.6. The highest BCUT2D eigenvalue weighted by atomic mass is 15.2. The molecule has 1 aliphatic rings. The second kappa shape index (κ2) is 16.9. The molecule has 72 heavy (non-hydrogen) atoms. The summed E-state index contributed by atoms with van der Waals surface area (Å²) in [6, 6.07) is 105. The largest absolute Gasteiger partial charge is 0.323 e. The maximum Gasteiger partial charge on any atom is 0.122 e. The molecule has 0 fully saturated rings. The molecule has 1 atom stereocenters. The molecule has 1 heterocycles. The van der Waals surface area contributed by atoms with E-state index in [0.29, 0.717) is 0 Å². The van der Waals surface area contributed by atoms with Gasteiger partial charge in [0.15, 0.2) is 0 Å². The Bertz CT molecular complexity index is 4170. The van der Waals surface area contributed by atoms with E-state index in [0.717, 1.165) is 45.2 Å². The van der Waals surface area contributed by atoms with Gasteiger partial charge in [0.1, 0.15) is 5.54 Å². The highest BCUT2D eigenvalue weighted by Crippen LogP contribution is 2.59. The topological polar surface area (TPSA) is 11.4 Å². The third kappa shape index (κ3) is 6.52. The van der Waals surface area contributed by atoms with E-state index in [9.17, 15) is 0 Å². The second-order valence-electron chi connectivity index (χ2n) is 18.9. The minimum absolute atomic E-state index is 0.806. The zero-order valence-corrected chi connectivity index (χ0v) is 39.5. The molecule has 12 aromatic carbocycles. The summed E-state index contributed by atoms with van der Waals surface area (Å²) < 4.78 is 2.47. The first-order valence-electron chi connectivity index (χ1n) is 24.8. The molecule has 3 nitrogen and oxygen atoms in total. The van der Waals surface area contributed by atoms with E-state index >= 15 is 0 Å². The van der Waals surface area contributed by atoms with Gasteiger partial charge in [0.05, 0.1) is 16.7 Å². The molecular formula is C69H47N3. The van der Waals surface area contributed by atoms with Crippen LogP contribution < -0.4 is 9.80 Å². The van der Waals surface area contributed by atoms with Crippen LogP contribution in [0.1, 0.15) is 16.7 Å². The summed E-state index contributed by atoms with van der Waals surface area (Å²) in [5, 5.41) is 7.26. The number of rotatable bonds is 9. The Balaban J connectivity index is 1.06. The van der Waals surface area contributed by atoms with Crippen molar-refractivity contribution >= 4 is 71.8 Å². The molecule has 3 heteroatoms. The fraction of sp³-hybridized carbons (Fsp3) is 0.0145. The fourth-order valence-corrected chi connectivity index (χ4v) is 11.8. The van der Waals surface area contributed by atoms with E-state index in [1.54, 1.807) is 0 Å². The molecule has 0 amide bonds. The van der Waals surface area contributed by atoms with Crippen molar-refractivity contribution in [2.75, 3.05) is 9.80 Å². The number of nitrogens with zero attached hydrogens (tertiary/aromatic N) is 3. The van der Waals surface area contributed by atoms with Gasteiger partial charge in [0.2, 0.25) is 0 Å². The van der Waals surface area contributed by atoms with Crippen LogP contribution in [0.5, 0.6) is 0 Å². The van der Waals surface area contributed by atoms with Gasteiger partial charge >= 0.3 is 0 Å². The second-order valence-corrected chi connectivity index (χ2v) is 18.9. The van der Waals surface area contributed by atoms with E-state index in [-0.39, 0.29) is 0 Å². The van der Waals surface area contributed by atoms with Crippen LogP contribution in [0.3, 0.4) is 0 Å². The normalized spacial score (nSPS) is 13.9. The van der Waals surface area contributed by atoms with Crippen LogP contribution in [0.25, 0.3) is 71.3 Å². The zero-order valence-electron chi connectivity index (χ0n) is 39.5. The smallest absolute Gasteiger partial charge is 0.122 e. The Hall–Kier alpha value is -9.44. The van der Waals surface area contributed by atoms with E-state index < -0.39 is 5.54 Å². The number of hydrogen-bond acceptors (Lipinski definition) is 2. The number of aromatic nitrogens is 1. The van der Waals surface area contributed by atoms with Gasteiger partial charge in [-0.1, -0.05) is 212 Å². The Morgan fingerprint density at radius 3 is 1.71 bits per heavy atom. The van der Waals surface area contributed by atoms with Crippen molar-refractivity contribution in [3.63, 3.8) is 0 Å². The van der Waals surface area contributed by atoms with Crippen molar-refractivity contribution in [3.05, 3.63) is 302 Å². The molecule has 0 aliphatic heterocycles. The number of anilines is 5. The van der Waals surface area contributed by atoms with Crippen molar-refractivity contribution in [1.82, 2.24) is 4.57 Å². The van der Waals surface area contributed by atoms with Crippen molar-refractivity contribution in [3.8, 4) is 27.9 Å². The molecule has 0 spiro atoms. The molecule has 0 saturated carbocycles. The van der Waals surface area contributed by atoms with Gasteiger partial charge < -0.3 is 14.4 Å². The Morgan fingerprint density at radius 2 is 0.861 bits per heavy atom. The fourth-order valence-electron chi connectivity index (χ4n) is 11.8. The first kappa shape index (κ1) is 41.5. The van der Waals surface area contributed by atoms with Crippen LogP contribution in [0.2, 0.25) is 0 Å². The summed E-state index contributed by atoms with van der Waals surface area (Å²) in [4.78, 5) is 5.07. The highest BCUT2D eigenvalue weighted by Gasteiger charge is 2.50. The molecule has 0 saturated heterocycles. The molecule has 13 aromatic rings. The molecule has 1 unspecified atom stereocenters. The molecule has 0 N–H and O–H groups in total. The van der Waals surface area contributed by atoms with Crippen LogP contribution >= 0.6 is 0 Å². The average molecular weight is 918 g/mol. The Morgan fingerprint density at radius 1 is 0.292 bits per heavy atom. The van der Waals surface area contributed by atoms with E-state index in [1.165, 1.54) is 71.2 Å². The third-order valence-corrected chi connectivity index (χ3v) is 14.9. The van der Waals surface area contributed by atoms with Crippen LogP contribution in [-0.2, 0) is 5.54 Å². The van der Waals surface area contributed by atoms with Crippen molar-refractivity contribution in [1.29, 1.82) is 0 Å². The molecular weight excluding hydrogens is 871 g/mol. The van der Waals surface area contributed by atoms with Gasteiger partial charge in [0.25, 0.3) is 0 Å². The predicted octanol–water partition coefficient (Wildman–Crippen LogP) is 18.3. The number of hydrogen-bond donors (Lipinski definition) is 0.